The van der Waals surface area contributed by atoms with E-state index in [4.69, 9.17) is 16.1 Å². The van der Waals surface area contributed by atoms with Gasteiger partial charge in [0.05, 0.1) is 5.69 Å². The van der Waals surface area contributed by atoms with Crippen LogP contribution in [0.25, 0.3) is 12.2 Å². The van der Waals surface area contributed by atoms with Crippen LogP contribution in [0.3, 0.4) is 0 Å². The van der Waals surface area contributed by atoms with Gasteiger partial charge in [-0.15, -0.1) is 11.3 Å². The Morgan fingerprint density at radius 1 is 1.28 bits per heavy atom. The summed E-state index contributed by atoms with van der Waals surface area (Å²) in [5.41, 5.74) is 0.762. The van der Waals surface area contributed by atoms with Gasteiger partial charge in [0, 0.05) is 16.8 Å². The standard InChI is InChI=1S/C18H15ClFN3O4S2/c1-10-18(21-11(2)24)16(27-22-10)7-4-13-5-8-17(28-13)29(25,26)23-15-6-3-12(19)9-14(15)20/h3-9,23H,1-2H3,(H,21,24). The highest BCUT2D eigenvalue weighted by Crippen LogP contribution is 2.28. The van der Waals surface area contributed by atoms with Crippen molar-refractivity contribution in [2.45, 2.75) is 18.1 Å². The molecule has 0 aliphatic rings. The molecule has 3 aromatic rings. The highest BCUT2D eigenvalue weighted by Gasteiger charge is 2.19. The molecule has 0 radical (unpaired) electrons. The van der Waals surface area contributed by atoms with E-state index in [-0.39, 0.29) is 20.8 Å². The van der Waals surface area contributed by atoms with E-state index >= 15 is 0 Å². The number of halogens is 2. The number of anilines is 2. The van der Waals surface area contributed by atoms with Crippen molar-refractivity contribution in [1.29, 1.82) is 0 Å². The lowest BCUT2D eigenvalue weighted by Gasteiger charge is -2.07. The minimum Gasteiger partial charge on any atom is -0.354 e. The highest BCUT2D eigenvalue weighted by molar-refractivity contribution is 7.94. The van der Waals surface area contributed by atoms with Gasteiger partial charge in [-0.05, 0) is 49.4 Å². The fourth-order valence-electron chi connectivity index (χ4n) is 2.32. The lowest BCUT2D eigenvalue weighted by Crippen LogP contribution is -2.12. The number of aryl methyl sites for hydroxylation is 1. The van der Waals surface area contributed by atoms with Crippen LogP contribution in [-0.4, -0.2) is 19.5 Å². The molecule has 2 heterocycles. The van der Waals surface area contributed by atoms with Gasteiger partial charge in [0.15, 0.2) is 5.76 Å². The maximum Gasteiger partial charge on any atom is 0.271 e. The molecule has 0 aliphatic heterocycles. The van der Waals surface area contributed by atoms with Crippen LogP contribution in [0.4, 0.5) is 15.8 Å². The van der Waals surface area contributed by atoms with E-state index in [1.165, 1.54) is 25.1 Å². The zero-order valence-electron chi connectivity index (χ0n) is 15.2. The van der Waals surface area contributed by atoms with Crippen molar-refractivity contribution in [2.24, 2.45) is 0 Å². The molecule has 3 rings (SSSR count). The summed E-state index contributed by atoms with van der Waals surface area (Å²) >= 11 is 6.65. The molecule has 0 fully saturated rings. The molecule has 0 spiro atoms. The first kappa shape index (κ1) is 21.0. The number of benzene rings is 1. The lowest BCUT2D eigenvalue weighted by molar-refractivity contribution is -0.114. The van der Waals surface area contributed by atoms with Crippen LogP contribution in [0.5, 0.6) is 0 Å². The summed E-state index contributed by atoms with van der Waals surface area (Å²) in [5, 5.41) is 6.59. The topological polar surface area (TPSA) is 101 Å². The first-order valence-electron chi connectivity index (χ1n) is 8.15. The van der Waals surface area contributed by atoms with Gasteiger partial charge in [0.25, 0.3) is 10.0 Å². The van der Waals surface area contributed by atoms with Gasteiger partial charge >= 0.3 is 0 Å². The average Bonchev–Trinajstić information content (AvgIpc) is 3.24. The molecule has 1 aromatic carbocycles. The summed E-state index contributed by atoms with van der Waals surface area (Å²) in [5.74, 6) is -0.711. The molecule has 0 saturated heterocycles. The van der Waals surface area contributed by atoms with Crippen LogP contribution in [0.15, 0.2) is 39.1 Å². The summed E-state index contributed by atoms with van der Waals surface area (Å²) in [4.78, 5) is 11.9. The van der Waals surface area contributed by atoms with Crippen molar-refractivity contribution < 1.29 is 22.1 Å². The summed E-state index contributed by atoms with van der Waals surface area (Å²) in [7, 11) is -3.97. The summed E-state index contributed by atoms with van der Waals surface area (Å²) in [6.07, 6.45) is 3.19. The van der Waals surface area contributed by atoms with Crippen LogP contribution in [0.1, 0.15) is 23.3 Å². The van der Waals surface area contributed by atoms with Crippen LogP contribution in [0.2, 0.25) is 5.02 Å². The molecule has 29 heavy (non-hydrogen) atoms. The first-order chi connectivity index (χ1) is 13.7. The van der Waals surface area contributed by atoms with Gasteiger partial charge in [-0.2, -0.15) is 0 Å². The number of carbonyl (C=O) groups is 1. The van der Waals surface area contributed by atoms with Gasteiger partial charge in [-0.3, -0.25) is 9.52 Å². The molecule has 0 saturated carbocycles. The largest absolute Gasteiger partial charge is 0.354 e. The van der Waals surface area contributed by atoms with Gasteiger partial charge in [0.2, 0.25) is 5.91 Å². The molecule has 7 nitrogen and oxygen atoms in total. The molecule has 11 heteroatoms. The molecule has 0 unspecified atom stereocenters. The third-order valence-electron chi connectivity index (χ3n) is 3.63. The monoisotopic (exact) mass is 455 g/mol. The van der Waals surface area contributed by atoms with Crippen molar-refractivity contribution in [3.8, 4) is 0 Å². The molecule has 1 amide bonds. The maximum atomic E-state index is 13.9. The number of nitrogens with one attached hydrogen (secondary N) is 2. The minimum absolute atomic E-state index is 0.00216. The first-order valence-corrected chi connectivity index (χ1v) is 10.8. The molecule has 2 N–H and O–H groups in total. The average molecular weight is 456 g/mol. The van der Waals surface area contributed by atoms with E-state index in [2.05, 4.69) is 15.2 Å². The summed E-state index contributed by atoms with van der Waals surface area (Å²) in [6, 6.07) is 6.65. The summed E-state index contributed by atoms with van der Waals surface area (Å²) < 4.78 is 46.3. The Balaban J connectivity index is 1.80. The Morgan fingerprint density at radius 3 is 2.72 bits per heavy atom. The fraction of sp³-hybridized carbons (Fsp3) is 0.111. The normalized spacial score (nSPS) is 11.7. The van der Waals surface area contributed by atoms with Gasteiger partial charge in [-0.1, -0.05) is 16.8 Å². The lowest BCUT2D eigenvalue weighted by atomic mass is 10.2. The number of carbonyl (C=O) groups excluding carboxylic acids is 1. The Bertz CT molecular complexity index is 1200. The SMILES string of the molecule is CC(=O)Nc1c(C)noc1C=Cc1ccc(S(=O)(=O)Nc2ccc(Cl)cc2F)s1. The van der Waals surface area contributed by atoms with Crippen LogP contribution < -0.4 is 10.0 Å². The molecule has 0 aliphatic carbocycles. The zero-order valence-corrected chi connectivity index (χ0v) is 17.6. The zero-order chi connectivity index (χ0) is 21.2. The molecule has 0 atom stereocenters. The van der Waals surface area contributed by atoms with Crippen LogP contribution >= 0.6 is 22.9 Å². The van der Waals surface area contributed by atoms with E-state index in [1.54, 1.807) is 25.1 Å². The van der Waals surface area contributed by atoms with Crippen LogP contribution in [-0.2, 0) is 14.8 Å². The maximum absolute atomic E-state index is 13.9. The van der Waals surface area contributed by atoms with E-state index < -0.39 is 15.8 Å². The molecule has 2 aromatic heterocycles. The number of rotatable bonds is 6. The Labute approximate surface area is 175 Å². The highest BCUT2D eigenvalue weighted by atomic mass is 35.5. The van der Waals surface area contributed by atoms with E-state index in [9.17, 15) is 17.6 Å². The van der Waals surface area contributed by atoms with Crippen molar-refractivity contribution in [3.05, 3.63) is 57.5 Å². The van der Waals surface area contributed by atoms with Crippen molar-refractivity contribution in [3.63, 3.8) is 0 Å². The Kier molecular flexibility index (Phi) is 6.06. The van der Waals surface area contributed by atoms with Crippen molar-refractivity contribution in [1.82, 2.24) is 5.16 Å². The number of sulfonamides is 1. The molecular formula is C18H15ClFN3O4S2. The predicted molar refractivity (Wildman–Crippen MR) is 111 cm³/mol. The Hall–Kier alpha value is -2.69. The quantitative estimate of drug-likeness (QED) is 0.557. The fourth-order valence-corrected chi connectivity index (χ4v) is 4.78. The van der Waals surface area contributed by atoms with E-state index in [1.807, 2.05) is 0 Å². The number of aromatic nitrogens is 1. The molecular weight excluding hydrogens is 441 g/mol. The molecule has 0 bridgehead atoms. The van der Waals surface area contributed by atoms with E-state index in [0.29, 0.717) is 22.0 Å². The summed E-state index contributed by atoms with van der Waals surface area (Å²) in [6.45, 7) is 3.05. The third kappa shape index (κ3) is 5.03. The molecule has 152 valence electrons. The second kappa shape index (κ2) is 8.36. The van der Waals surface area contributed by atoms with Crippen molar-refractivity contribution in [2.75, 3.05) is 10.0 Å². The second-order valence-corrected chi connectivity index (χ2v) is 9.37. The number of hydrogen-bond acceptors (Lipinski definition) is 6. The van der Waals surface area contributed by atoms with Gasteiger partial charge < -0.3 is 9.84 Å². The number of hydrogen-bond donors (Lipinski definition) is 2. The van der Waals surface area contributed by atoms with Gasteiger partial charge in [0.1, 0.15) is 21.4 Å². The van der Waals surface area contributed by atoms with Crippen molar-refractivity contribution >= 4 is 62.4 Å². The second-order valence-electron chi connectivity index (χ2n) is 5.91. The van der Waals surface area contributed by atoms with Crippen LogP contribution in [0, 0.1) is 12.7 Å². The number of amides is 1. The number of thiophene rings is 1. The van der Waals surface area contributed by atoms with E-state index in [0.717, 1.165) is 17.4 Å². The number of nitrogens with zero attached hydrogens (tertiary/aromatic N) is 1. The predicted octanol–water partition coefficient (Wildman–Crippen LogP) is 4.77. The third-order valence-corrected chi connectivity index (χ3v) is 6.77. The Morgan fingerprint density at radius 2 is 2.03 bits per heavy atom. The smallest absolute Gasteiger partial charge is 0.271 e. The minimum atomic E-state index is -3.97. The van der Waals surface area contributed by atoms with Gasteiger partial charge in [-0.25, -0.2) is 12.8 Å².